The molecule has 1 saturated heterocycles. The fourth-order valence-corrected chi connectivity index (χ4v) is 1.34. The molecular weight excluding hydrogens is 156 g/mol. The largest absolute Gasteiger partial charge is 0.379 e. The second-order valence-corrected chi connectivity index (χ2v) is 3.06. The van der Waals surface area contributed by atoms with E-state index in [4.69, 9.17) is 12.2 Å². The fraction of sp³-hybridized carbons (Fsp3) is 0.625. The quantitative estimate of drug-likeness (QED) is 0.495. The fourth-order valence-electron chi connectivity index (χ4n) is 1.34. The van der Waals surface area contributed by atoms with Crippen molar-refractivity contribution in [2.75, 3.05) is 19.6 Å². The maximum absolute atomic E-state index is 10.8. The summed E-state index contributed by atoms with van der Waals surface area (Å²) in [6, 6.07) is 0. The van der Waals surface area contributed by atoms with Crippen molar-refractivity contribution in [3.8, 4) is 12.3 Å². The summed E-state index contributed by atoms with van der Waals surface area (Å²) in [4.78, 5) is 12.6. The lowest BCUT2D eigenvalue weighted by Gasteiger charge is -2.18. The number of aliphatic hydroxyl groups is 1. The summed E-state index contributed by atoms with van der Waals surface area (Å²) >= 11 is 0. The Balaban J connectivity index is 2.56. The molecule has 1 fully saturated rings. The van der Waals surface area contributed by atoms with Crippen LogP contribution in [-0.4, -0.2) is 41.1 Å². The van der Waals surface area contributed by atoms with Gasteiger partial charge in [0.15, 0.2) is 5.60 Å². The normalized spacial score (nSPS) is 30.0. The maximum Gasteiger partial charge on any atom is 0.250 e. The van der Waals surface area contributed by atoms with Crippen LogP contribution in [0.4, 0.5) is 0 Å². The molecule has 4 heteroatoms. The molecule has 0 saturated carbocycles. The van der Waals surface area contributed by atoms with E-state index in [0.29, 0.717) is 19.5 Å². The Bertz CT molecular complexity index is 234. The summed E-state index contributed by atoms with van der Waals surface area (Å²) in [5.41, 5.74) is 3.66. The molecule has 0 aromatic carbocycles. The van der Waals surface area contributed by atoms with Crippen molar-refractivity contribution in [1.29, 1.82) is 0 Å². The molecule has 12 heavy (non-hydrogen) atoms. The first-order valence-corrected chi connectivity index (χ1v) is 3.76. The highest BCUT2D eigenvalue weighted by atomic mass is 16.3. The highest BCUT2D eigenvalue weighted by molar-refractivity contribution is 5.83. The molecule has 0 spiro atoms. The zero-order valence-corrected chi connectivity index (χ0v) is 6.79. The standard InChI is InChI=1S/C8H12N2O2/c1-2-4-10-5-3-8(12,6-10)7(9)11/h1,12H,3-6H2,(H2,9,11). The number of hydrogen-bond acceptors (Lipinski definition) is 3. The monoisotopic (exact) mass is 168 g/mol. The van der Waals surface area contributed by atoms with Crippen LogP contribution in [0.15, 0.2) is 0 Å². The van der Waals surface area contributed by atoms with Crippen molar-refractivity contribution >= 4 is 5.91 Å². The van der Waals surface area contributed by atoms with E-state index in [-0.39, 0.29) is 6.54 Å². The lowest BCUT2D eigenvalue weighted by atomic mass is 10.0. The Labute approximate surface area is 71.3 Å². The average molecular weight is 168 g/mol. The van der Waals surface area contributed by atoms with Gasteiger partial charge in [0.05, 0.1) is 6.54 Å². The van der Waals surface area contributed by atoms with Crippen LogP contribution in [0.25, 0.3) is 0 Å². The second kappa shape index (κ2) is 3.13. The molecule has 1 aliphatic rings. The average Bonchev–Trinajstić information content (AvgIpc) is 2.34. The van der Waals surface area contributed by atoms with Crippen molar-refractivity contribution in [1.82, 2.24) is 4.90 Å². The molecule has 1 heterocycles. The lowest BCUT2D eigenvalue weighted by molar-refractivity contribution is -0.134. The summed E-state index contributed by atoms with van der Waals surface area (Å²) in [6.07, 6.45) is 5.46. The minimum absolute atomic E-state index is 0.256. The Hall–Kier alpha value is -1.05. The molecule has 1 unspecified atom stereocenters. The van der Waals surface area contributed by atoms with Crippen molar-refractivity contribution in [2.24, 2.45) is 5.73 Å². The Morgan fingerprint density at radius 1 is 1.83 bits per heavy atom. The van der Waals surface area contributed by atoms with Crippen molar-refractivity contribution in [3.63, 3.8) is 0 Å². The van der Waals surface area contributed by atoms with Gasteiger partial charge in [-0.2, -0.15) is 0 Å². The van der Waals surface area contributed by atoms with Crippen LogP contribution >= 0.6 is 0 Å². The van der Waals surface area contributed by atoms with Gasteiger partial charge in [-0.3, -0.25) is 9.69 Å². The number of carbonyl (C=O) groups is 1. The van der Waals surface area contributed by atoms with Gasteiger partial charge in [0.1, 0.15) is 0 Å². The van der Waals surface area contributed by atoms with Crippen LogP contribution in [0.1, 0.15) is 6.42 Å². The van der Waals surface area contributed by atoms with Gasteiger partial charge in [-0.1, -0.05) is 5.92 Å². The van der Waals surface area contributed by atoms with Crippen molar-refractivity contribution in [3.05, 3.63) is 0 Å². The molecule has 3 N–H and O–H groups in total. The number of likely N-dealkylation sites (tertiary alicyclic amines) is 1. The van der Waals surface area contributed by atoms with Gasteiger partial charge in [0, 0.05) is 13.1 Å². The minimum atomic E-state index is -1.36. The van der Waals surface area contributed by atoms with E-state index in [0.717, 1.165) is 0 Å². The van der Waals surface area contributed by atoms with Crippen molar-refractivity contribution < 1.29 is 9.90 Å². The molecular formula is C8H12N2O2. The summed E-state index contributed by atoms with van der Waals surface area (Å²) in [5, 5.41) is 9.58. The number of carbonyl (C=O) groups excluding carboxylic acids is 1. The van der Waals surface area contributed by atoms with Gasteiger partial charge in [-0.15, -0.1) is 6.42 Å². The topological polar surface area (TPSA) is 66.6 Å². The highest BCUT2D eigenvalue weighted by Crippen LogP contribution is 2.19. The molecule has 0 bridgehead atoms. The first-order valence-electron chi connectivity index (χ1n) is 3.76. The molecule has 0 aromatic rings. The van der Waals surface area contributed by atoms with Crippen LogP contribution in [0.3, 0.4) is 0 Å². The SMILES string of the molecule is C#CCN1CCC(O)(C(N)=O)C1. The van der Waals surface area contributed by atoms with E-state index < -0.39 is 11.5 Å². The smallest absolute Gasteiger partial charge is 0.250 e. The predicted molar refractivity (Wildman–Crippen MR) is 44.0 cm³/mol. The highest BCUT2D eigenvalue weighted by Gasteiger charge is 2.40. The molecule has 1 aliphatic heterocycles. The van der Waals surface area contributed by atoms with Gasteiger partial charge >= 0.3 is 0 Å². The molecule has 4 nitrogen and oxygen atoms in total. The van der Waals surface area contributed by atoms with Gasteiger partial charge in [0.25, 0.3) is 5.91 Å². The predicted octanol–water partition coefficient (Wildman–Crippen LogP) is -1.46. The van der Waals surface area contributed by atoms with E-state index in [9.17, 15) is 9.90 Å². The molecule has 66 valence electrons. The number of nitrogens with two attached hydrogens (primary N) is 1. The van der Waals surface area contributed by atoms with Crippen LogP contribution in [-0.2, 0) is 4.79 Å². The van der Waals surface area contributed by atoms with Crippen molar-refractivity contribution in [2.45, 2.75) is 12.0 Å². The van der Waals surface area contributed by atoms with Gasteiger partial charge in [0.2, 0.25) is 0 Å². The summed E-state index contributed by atoms with van der Waals surface area (Å²) in [5.74, 6) is 1.78. The maximum atomic E-state index is 10.8. The minimum Gasteiger partial charge on any atom is -0.379 e. The van der Waals surface area contributed by atoms with E-state index >= 15 is 0 Å². The first-order chi connectivity index (χ1) is 5.58. The van der Waals surface area contributed by atoms with Crippen LogP contribution < -0.4 is 5.73 Å². The summed E-state index contributed by atoms with van der Waals surface area (Å²) in [6.45, 7) is 1.34. The molecule has 0 aromatic heterocycles. The number of amides is 1. The van der Waals surface area contributed by atoms with Gasteiger partial charge in [-0.05, 0) is 6.42 Å². The number of terminal acetylenes is 1. The van der Waals surface area contributed by atoms with Crippen LogP contribution in [0.2, 0.25) is 0 Å². The summed E-state index contributed by atoms with van der Waals surface area (Å²) in [7, 11) is 0. The molecule has 0 radical (unpaired) electrons. The molecule has 0 aliphatic carbocycles. The molecule has 1 rings (SSSR count). The Kier molecular flexibility index (Phi) is 2.36. The summed E-state index contributed by atoms with van der Waals surface area (Å²) < 4.78 is 0. The van der Waals surface area contributed by atoms with Crippen LogP contribution in [0.5, 0.6) is 0 Å². The number of β-amino-alcohol motifs (C(OH)–C–C–N with tert-alkyl or cyclic N) is 1. The molecule has 1 amide bonds. The van der Waals surface area contributed by atoms with Gasteiger partial charge in [-0.25, -0.2) is 0 Å². The molecule has 1 atom stereocenters. The van der Waals surface area contributed by atoms with Crippen LogP contribution in [0, 0.1) is 12.3 Å². The lowest BCUT2D eigenvalue weighted by Crippen LogP contribution is -2.46. The van der Waals surface area contributed by atoms with E-state index in [1.165, 1.54) is 0 Å². The Morgan fingerprint density at radius 2 is 2.50 bits per heavy atom. The van der Waals surface area contributed by atoms with E-state index in [1.54, 1.807) is 0 Å². The van der Waals surface area contributed by atoms with Gasteiger partial charge < -0.3 is 10.8 Å². The third-order valence-corrected chi connectivity index (χ3v) is 2.10. The zero-order chi connectivity index (χ0) is 9.19. The second-order valence-electron chi connectivity index (χ2n) is 3.06. The zero-order valence-electron chi connectivity index (χ0n) is 6.79. The van der Waals surface area contributed by atoms with E-state index in [1.807, 2.05) is 4.90 Å². The third kappa shape index (κ3) is 1.58. The number of primary amides is 1. The Morgan fingerprint density at radius 3 is 2.92 bits per heavy atom. The van der Waals surface area contributed by atoms with E-state index in [2.05, 4.69) is 5.92 Å². The number of nitrogens with zero attached hydrogens (tertiary/aromatic N) is 1. The first kappa shape index (κ1) is 9.04. The number of rotatable bonds is 2. The number of hydrogen-bond donors (Lipinski definition) is 2. The third-order valence-electron chi connectivity index (χ3n) is 2.10.